The van der Waals surface area contributed by atoms with Gasteiger partial charge in [-0.1, -0.05) is 23.8 Å². The first kappa shape index (κ1) is 8.24. The van der Waals surface area contributed by atoms with Crippen LogP contribution in [0.5, 0.6) is 0 Å². The molecule has 0 aliphatic rings. The van der Waals surface area contributed by atoms with E-state index in [-0.39, 0.29) is 0 Å². The van der Waals surface area contributed by atoms with Crippen LogP contribution in [0.4, 0.5) is 0 Å². The van der Waals surface area contributed by atoms with E-state index >= 15 is 0 Å². The first-order chi connectivity index (χ1) is 5.34. The van der Waals surface area contributed by atoms with Crippen molar-refractivity contribution in [3.8, 4) is 0 Å². The van der Waals surface area contributed by atoms with E-state index in [1.807, 2.05) is 18.2 Å². The first-order valence-corrected chi connectivity index (χ1v) is 3.68. The minimum absolute atomic E-state index is 0.526. The Kier molecular flexibility index (Phi) is 3.08. The summed E-state index contributed by atoms with van der Waals surface area (Å²) in [6.07, 6.45) is 7.03. The lowest BCUT2D eigenvalue weighted by atomic mass is 10.2. The Labute approximate surface area is 70.7 Å². The molecule has 0 spiro atoms. The second kappa shape index (κ2) is 4.11. The van der Waals surface area contributed by atoms with Crippen molar-refractivity contribution in [3.05, 3.63) is 35.1 Å². The van der Waals surface area contributed by atoms with E-state index in [2.05, 4.69) is 4.98 Å². The number of nitrogens with two attached hydrogens (primary N) is 1. The monoisotopic (exact) mass is 168 g/mol. The standard InChI is InChI=1S/C8H9ClN2/c9-8-6-11-5-3-7(8)2-1-4-10/h1-3,5-6H,4,10H2. The molecule has 11 heavy (non-hydrogen) atoms. The van der Waals surface area contributed by atoms with Crippen LogP contribution in [0, 0.1) is 0 Å². The molecular weight excluding hydrogens is 160 g/mol. The number of nitrogens with zero attached hydrogens (tertiary/aromatic N) is 1. The molecule has 0 bridgehead atoms. The van der Waals surface area contributed by atoms with E-state index in [1.165, 1.54) is 0 Å². The maximum Gasteiger partial charge on any atom is 0.0661 e. The van der Waals surface area contributed by atoms with E-state index in [4.69, 9.17) is 17.3 Å². The first-order valence-electron chi connectivity index (χ1n) is 3.30. The van der Waals surface area contributed by atoms with Crippen LogP contribution in [0.3, 0.4) is 0 Å². The highest BCUT2D eigenvalue weighted by Crippen LogP contribution is 2.14. The van der Waals surface area contributed by atoms with Gasteiger partial charge in [-0.3, -0.25) is 4.98 Å². The zero-order chi connectivity index (χ0) is 8.10. The highest BCUT2D eigenvalue weighted by molar-refractivity contribution is 6.31. The minimum Gasteiger partial charge on any atom is -0.327 e. The van der Waals surface area contributed by atoms with Gasteiger partial charge in [0.1, 0.15) is 0 Å². The quantitative estimate of drug-likeness (QED) is 0.730. The summed E-state index contributed by atoms with van der Waals surface area (Å²) in [5.74, 6) is 0. The molecule has 2 nitrogen and oxygen atoms in total. The molecule has 1 heterocycles. The Morgan fingerprint density at radius 3 is 3.09 bits per heavy atom. The summed E-state index contributed by atoms with van der Waals surface area (Å²) in [5.41, 5.74) is 6.23. The molecule has 0 saturated carbocycles. The fraction of sp³-hybridized carbons (Fsp3) is 0.125. The number of pyridine rings is 1. The fourth-order valence-electron chi connectivity index (χ4n) is 0.716. The Balaban J connectivity index is 2.86. The molecule has 0 radical (unpaired) electrons. The lowest BCUT2D eigenvalue weighted by Gasteiger charge is -1.94. The largest absolute Gasteiger partial charge is 0.327 e. The van der Waals surface area contributed by atoms with Crippen LogP contribution in [-0.4, -0.2) is 11.5 Å². The summed E-state index contributed by atoms with van der Waals surface area (Å²) < 4.78 is 0. The Morgan fingerprint density at radius 2 is 2.45 bits per heavy atom. The number of rotatable bonds is 2. The number of hydrogen-bond acceptors (Lipinski definition) is 2. The predicted octanol–water partition coefficient (Wildman–Crippen LogP) is 1.71. The maximum atomic E-state index is 5.81. The van der Waals surface area contributed by atoms with Crippen LogP contribution in [0.15, 0.2) is 24.5 Å². The summed E-state index contributed by atoms with van der Waals surface area (Å²) in [4.78, 5) is 3.86. The van der Waals surface area contributed by atoms with E-state index in [0.29, 0.717) is 11.6 Å². The number of hydrogen-bond donors (Lipinski definition) is 1. The third-order valence-electron chi connectivity index (χ3n) is 1.24. The van der Waals surface area contributed by atoms with Crippen molar-refractivity contribution < 1.29 is 0 Å². The zero-order valence-corrected chi connectivity index (χ0v) is 6.75. The molecule has 0 aromatic carbocycles. The average molecular weight is 169 g/mol. The summed E-state index contributed by atoms with van der Waals surface area (Å²) in [5, 5.41) is 0.650. The molecule has 0 atom stereocenters. The highest BCUT2D eigenvalue weighted by atomic mass is 35.5. The van der Waals surface area contributed by atoms with Gasteiger partial charge in [-0.05, 0) is 11.6 Å². The van der Waals surface area contributed by atoms with Gasteiger partial charge < -0.3 is 5.73 Å². The second-order valence-corrected chi connectivity index (χ2v) is 2.44. The van der Waals surface area contributed by atoms with Gasteiger partial charge in [-0.2, -0.15) is 0 Å². The van der Waals surface area contributed by atoms with Gasteiger partial charge in [-0.25, -0.2) is 0 Å². The molecule has 0 saturated heterocycles. The summed E-state index contributed by atoms with van der Waals surface area (Å²) in [7, 11) is 0. The van der Waals surface area contributed by atoms with Crippen molar-refractivity contribution in [1.29, 1.82) is 0 Å². The predicted molar refractivity (Wildman–Crippen MR) is 47.3 cm³/mol. The molecule has 1 aromatic rings. The van der Waals surface area contributed by atoms with E-state index < -0.39 is 0 Å². The topological polar surface area (TPSA) is 38.9 Å². The van der Waals surface area contributed by atoms with Crippen molar-refractivity contribution in [3.63, 3.8) is 0 Å². The normalized spacial score (nSPS) is 10.7. The van der Waals surface area contributed by atoms with Crippen molar-refractivity contribution in [2.75, 3.05) is 6.54 Å². The lowest BCUT2D eigenvalue weighted by Crippen LogP contribution is -1.92. The molecule has 3 heteroatoms. The summed E-state index contributed by atoms with van der Waals surface area (Å²) in [6, 6.07) is 1.84. The second-order valence-electron chi connectivity index (χ2n) is 2.04. The molecule has 0 unspecified atom stereocenters. The molecule has 2 N–H and O–H groups in total. The van der Waals surface area contributed by atoms with Gasteiger partial charge in [-0.15, -0.1) is 0 Å². The van der Waals surface area contributed by atoms with Crippen LogP contribution < -0.4 is 5.73 Å². The van der Waals surface area contributed by atoms with Crippen LogP contribution in [0.1, 0.15) is 5.56 Å². The molecule has 0 amide bonds. The van der Waals surface area contributed by atoms with Crippen molar-refractivity contribution in [2.24, 2.45) is 5.73 Å². The molecule has 58 valence electrons. The van der Waals surface area contributed by atoms with E-state index in [0.717, 1.165) is 5.56 Å². The van der Waals surface area contributed by atoms with E-state index in [1.54, 1.807) is 12.4 Å². The van der Waals surface area contributed by atoms with Gasteiger partial charge in [0, 0.05) is 18.9 Å². The third kappa shape index (κ3) is 2.33. The lowest BCUT2D eigenvalue weighted by molar-refractivity contribution is 1.26. The van der Waals surface area contributed by atoms with Crippen LogP contribution in [-0.2, 0) is 0 Å². The summed E-state index contributed by atoms with van der Waals surface area (Å²) in [6.45, 7) is 0.526. The molecule has 1 rings (SSSR count). The van der Waals surface area contributed by atoms with Gasteiger partial charge in [0.05, 0.1) is 5.02 Å². The number of aromatic nitrogens is 1. The van der Waals surface area contributed by atoms with E-state index in [9.17, 15) is 0 Å². The van der Waals surface area contributed by atoms with Crippen molar-refractivity contribution in [2.45, 2.75) is 0 Å². The molecule has 0 aliphatic carbocycles. The Bertz CT molecular complexity index is 258. The van der Waals surface area contributed by atoms with Crippen LogP contribution >= 0.6 is 11.6 Å². The fourth-order valence-corrected chi connectivity index (χ4v) is 0.898. The molecule has 1 aromatic heterocycles. The Morgan fingerprint density at radius 1 is 1.64 bits per heavy atom. The molecular formula is C8H9ClN2. The van der Waals surface area contributed by atoms with Gasteiger partial charge in [0.25, 0.3) is 0 Å². The SMILES string of the molecule is NCC=Cc1ccncc1Cl. The highest BCUT2D eigenvalue weighted by Gasteiger charge is 1.92. The molecule has 0 aliphatic heterocycles. The van der Waals surface area contributed by atoms with Gasteiger partial charge in [0.2, 0.25) is 0 Å². The number of halogens is 1. The van der Waals surface area contributed by atoms with Crippen LogP contribution in [0.2, 0.25) is 5.02 Å². The van der Waals surface area contributed by atoms with Gasteiger partial charge in [0.15, 0.2) is 0 Å². The average Bonchev–Trinajstić information content (AvgIpc) is 2.03. The van der Waals surface area contributed by atoms with Crippen LogP contribution in [0.25, 0.3) is 6.08 Å². The zero-order valence-electron chi connectivity index (χ0n) is 6.00. The van der Waals surface area contributed by atoms with Gasteiger partial charge >= 0.3 is 0 Å². The minimum atomic E-state index is 0.526. The van der Waals surface area contributed by atoms with Crippen molar-refractivity contribution in [1.82, 2.24) is 4.98 Å². The Hall–Kier alpha value is -0.860. The smallest absolute Gasteiger partial charge is 0.0661 e. The maximum absolute atomic E-state index is 5.81. The summed E-state index contributed by atoms with van der Waals surface area (Å²) >= 11 is 5.81. The van der Waals surface area contributed by atoms with Crippen molar-refractivity contribution >= 4 is 17.7 Å². The third-order valence-corrected chi connectivity index (χ3v) is 1.55. The molecule has 0 fully saturated rings.